The molecule has 138 valence electrons. The second-order valence-corrected chi connectivity index (χ2v) is 6.95. The zero-order valence-corrected chi connectivity index (χ0v) is 14.4. The minimum atomic E-state index is -1.18. The van der Waals surface area contributed by atoms with E-state index >= 15 is 0 Å². The van der Waals surface area contributed by atoms with E-state index in [4.69, 9.17) is 0 Å². The summed E-state index contributed by atoms with van der Waals surface area (Å²) in [4.78, 5) is 49.1. The first kappa shape index (κ1) is 17.9. The fraction of sp³-hybridized carbons (Fsp3) is 0.444. The van der Waals surface area contributed by atoms with Crippen LogP contribution in [0.25, 0.3) is 0 Å². The largest absolute Gasteiger partial charge is 0.480 e. The first-order chi connectivity index (χ1) is 12.3. The molecule has 0 unspecified atom stereocenters. The van der Waals surface area contributed by atoms with Crippen molar-refractivity contribution in [2.45, 2.75) is 37.8 Å². The van der Waals surface area contributed by atoms with Crippen LogP contribution in [0.3, 0.4) is 0 Å². The van der Waals surface area contributed by atoms with Gasteiger partial charge >= 0.3 is 12.0 Å². The summed E-state index contributed by atoms with van der Waals surface area (Å²) in [5.41, 5.74) is -0.204. The lowest BCUT2D eigenvalue weighted by molar-refractivity contribution is -0.142. The molecule has 1 aliphatic heterocycles. The number of carboxylic acids is 1. The SMILES string of the molecule is C[C@@]1(C2CC2)NC(=O)N(CC(=O)N[C@H](Cc2ccccc2)C(=O)O)C1=O. The van der Waals surface area contributed by atoms with Gasteiger partial charge in [0.05, 0.1) is 0 Å². The Morgan fingerprint density at radius 3 is 2.54 bits per heavy atom. The number of nitrogens with one attached hydrogen (secondary N) is 2. The van der Waals surface area contributed by atoms with Crippen LogP contribution in [-0.2, 0) is 20.8 Å². The summed E-state index contributed by atoms with van der Waals surface area (Å²) in [6, 6.07) is 7.15. The van der Waals surface area contributed by atoms with E-state index in [1.54, 1.807) is 31.2 Å². The molecule has 2 fully saturated rings. The third-order valence-electron chi connectivity index (χ3n) is 4.91. The van der Waals surface area contributed by atoms with Crippen LogP contribution in [0, 0.1) is 5.92 Å². The van der Waals surface area contributed by atoms with Crippen molar-refractivity contribution in [3.8, 4) is 0 Å². The molecule has 8 heteroatoms. The second-order valence-electron chi connectivity index (χ2n) is 6.95. The van der Waals surface area contributed by atoms with Crippen LogP contribution in [0.4, 0.5) is 4.79 Å². The fourth-order valence-electron chi connectivity index (χ4n) is 3.23. The van der Waals surface area contributed by atoms with Gasteiger partial charge in [-0.1, -0.05) is 30.3 Å². The normalized spacial score (nSPS) is 23.5. The van der Waals surface area contributed by atoms with Crippen LogP contribution in [0.5, 0.6) is 0 Å². The highest BCUT2D eigenvalue weighted by Gasteiger charge is 2.56. The molecule has 2 atom stereocenters. The maximum Gasteiger partial charge on any atom is 0.326 e. The molecule has 1 saturated carbocycles. The molecule has 1 aliphatic carbocycles. The van der Waals surface area contributed by atoms with Gasteiger partial charge in [0.25, 0.3) is 5.91 Å². The fourth-order valence-corrected chi connectivity index (χ4v) is 3.23. The summed E-state index contributed by atoms with van der Waals surface area (Å²) in [5, 5.41) is 14.4. The monoisotopic (exact) mass is 359 g/mol. The predicted molar refractivity (Wildman–Crippen MR) is 91.1 cm³/mol. The Kier molecular flexibility index (Phi) is 4.67. The van der Waals surface area contributed by atoms with Crippen molar-refractivity contribution in [1.29, 1.82) is 0 Å². The molecule has 26 heavy (non-hydrogen) atoms. The summed E-state index contributed by atoms with van der Waals surface area (Å²) in [5.74, 6) is -2.20. The molecule has 0 bridgehead atoms. The highest BCUT2D eigenvalue weighted by molar-refractivity contribution is 6.09. The van der Waals surface area contributed by atoms with Crippen LogP contribution >= 0.6 is 0 Å². The number of aliphatic carboxylic acids is 1. The first-order valence-corrected chi connectivity index (χ1v) is 8.51. The Morgan fingerprint density at radius 2 is 1.96 bits per heavy atom. The second kappa shape index (κ2) is 6.78. The summed E-state index contributed by atoms with van der Waals surface area (Å²) < 4.78 is 0. The lowest BCUT2D eigenvalue weighted by atomic mass is 9.96. The predicted octanol–water partition coefficient (Wildman–Crippen LogP) is 0.519. The molecule has 2 aliphatic rings. The highest BCUT2D eigenvalue weighted by atomic mass is 16.4. The van der Waals surface area contributed by atoms with Gasteiger partial charge in [0.15, 0.2) is 0 Å². The number of carbonyl (C=O) groups is 4. The molecule has 0 spiro atoms. The summed E-state index contributed by atoms with van der Waals surface area (Å²) in [7, 11) is 0. The number of amides is 4. The molecule has 1 aromatic rings. The van der Waals surface area contributed by atoms with Crippen LogP contribution < -0.4 is 10.6 Å². The number of benzene rings is 1. The third kappa shape index (κ3) is 3.54. The number of carbonyl (C=O) groups excluding carboxylic acids is 3. The Labute approximate surface area is 150 Å². The van der Waals surface area contributed by atoms with E-state index in [1.807, 2.05) is 6.07 Å². The minimum absolute atomic E-state index is 0.0943. The zero-order valence-electron chi connectivity index (χ0n) is 14.4. The van der Waals surface area contributed by atoms with E-state index in [-0.39, 0.29) is 12.3 Å². The zero-order chi connectivity index (χ0) is 18.9. The summed E-state index contributed by atoms with van der Waals surface area (Å²) in [6.07, 6.45) is 1.84. The molecule has 0 aromatic heterocycles. The van der Waals surface area contributed by atoms with Gasteiger partial charge in [0.1, 0.15) is 18.1 Å². The van der Waals surface area contributed by atoms with Crippen LogP contribution in [0.1, 0.15) is 25.3 Å². The Hall–Kier alpha value is -2.90. The van der Waals surface area contributed by atoms with Crippen molar-refractivity contribution in [3.05, 3.63) is 35.9 Å². The van der Waals surface area contributed by atoms with Crippen LogP contribution in [0.2, 0.25) is 0 Å². The van der Waals surface area contributed by atoms with Gasteiger partial charge in [0, 0.05) is 6.42 Å². The molecule has 3 rings (SSSR count). The minimum Gasteiger partial charge on any atom is -0.480 e. The van der Waals surface area contributed by atoms with Gasteiger partial charge in [-0.2, -0.15) is 0 Å². The molecular weight excluding hydrogens is 338 g/mol. The van der Waals surface area contributed by atoms with Gasteiger partial charge in [-0.3, -0.25) is 14.5 Å². The first-order valence-electron chi connectivity index (χ1n) is 8.51. The van der Waals surface area contributed by atoms with Crippen molar-refractivity contribution in [3.63, 3.8) is 0 Å². The standard InChI is InChI=1S/C18H21N3O5/c1-18(12-7-8-12)16(25)21(17(26)20-18)10-14(22)19-13(15(23)24)9-11-5-3-2-4-6-11/h2-6,12-13H,7-10H2,1H3,(H,19,22)(H,20,26)(H,23,24)/t13-,18+/m1/s1. The maximum atomic E-state index is 12.5. The number of nitrogens with zero attached hydrogens (tertiary/aromatic N) is 1. The van der Waals surface area contributed by atoms with Crippen molar-refractivity contribution in [1.82, 2.24) is 15.5 Å². The van der Waals surface area contributed by atoms with Crippen molar-refractivity contribution in [2.75, 3.05) is 6.54 Å². The van der Waals surface area contributed by atoms with E-state index in [9.17, 15) is 24.3 Å². The average molecular weight is 359 g/mol. The van der Waals surface area contributed by atoms with E-state index in [0.717, 1.165) is 23.3 Å². The average Bonchev–Trinajstić information content (AvgIpc) is 3.41. The van der Waals surface area contributed by atoms with E-state index in [1.165, 1.54) is 0 Å². The number of imide groups is 1. The quantitative estimate of drug-likeness (QED) is 0.614. The van der Waals surface area contributed by atoms with Gasteiger partial charge < -0.3 is 15.7 Å². The Bertz CT molecular complexity index is 746. The smallest absolute Gasteiger partial charge is 0.326 e. The molecule has 4 amide bonds. The molecule has 8 nitrogen and oxygen atoms in total. The van der Waals surface area contributed by atoms with E-state index in [2.05, 4.69) is 10.6 Å². The van der Waals surface area contributed by atoms with Crippen LogP contribution in [-0.4, -0.2) is 51.9 Å². The van der Waals surface area contributed by atoms with Gasteiger partial charge in [-0.05, 0) is 31.2 Å². The van der Waals surface area contributed by atoms with Crippen molar-refractivity contribution < 1.29 is 24.3 Å². The molecule has 1 saturated heterocycles. The topological polar surface area (TPSA) is 116 Å². The summed E-state index contributed by atoms with van der Waals surface area (Å²) in [6.45, 7) is 1.17. The molecule has 3 N–H and O–H groups in total. The maximum absolute atomic E-state index is 12.5. The Morgan fingerprint density at radius 1 is 1.31 bits per heavy atom. The van der Waals surface area contributed by atoms with Crippen LogP contribution in [0.15, 0.2) is 30.3 Å². The van der Waals surface area contributed by atoms with Gasteiger partial charge in [0.2, 0.25) is 5.91 Å². The molecular formula is C18H21N3O5. The number of hydrogen-bond acceptors (Lipinski definition) is 4. The molecule has 1 heterocycles. The van der Waals surface area contributed by atoms with Crippen molar-refractivity contribution >= 4 is 23.8 Å². The number of urea groups is 1. The number of carboxylic acid groups (broad SMARTS) is 1. The van der Waals surface area contributed by atoms with Crippen molar-refractivity contribution in [2.24, 2.45) is 5.92 Å². The molecule has 0 radical (unpaired) electrons. The van der Waals surface area contributed by atoms with Gasteiger partial charge in [-0.25, -0.2) is 9.59 Å². The number of hydrogen-bond donors (Lipinski definition) is 3. The van der Waals surface area contributed by atoms with E-state index in [0.29, 0.717) is 0 Å². The highest BCUT2D eigenvalue weighted by Crippen LogP contribution is 2.42. The lowest BCUT2D eigenvalue weighted by Crippen LogP contribution is -2.49. The Balaban J connectivity index is 1.62. The van der Waals surface area contributed by atoms with Gasteiger partial charge in [-0.15, -0.1) is 0 Å². The van der Waals surface area contributed by atoms with E-state index < -0.39 is 41.9 Å². The lowest BCUT2D eigenvalue weighted by Gasteiger charge is -2.21. The number of rotatable bonds is 7. The molecule has 1 aromatic carbocycles. The summed E-state index contributed by atoms with van der Waals surface area (Å²) >= 11 is 0. The third-order valence-corrected chi connectivity index (χ3v) is 4.91.